The third kappa shape index (κ3) is 3.53. The molecule has 35 heavy (non-hydrogen) atoms. The fraction of sp³-hybridized carbons (Fsp3) is 0.346. The van der Waals surface area contributed by atoms with Crippen LogP contribution in [0.4, 0.5) is 5.69 Å². The summed E-state index contributed by atoms with van der Waals surface area (Å²) in [6.45, 7) is 0.648. The zero-order valence-electron chi connectivity index (χ0n) is 18.9. The van der Waals surface area contributed by atoms with Crippen molar-refractivity contribution >= 4 is 44.0 Å². The van der Waals surface area contributed by atoms with E-state index >= 15 is 0 Å². The number of hydrogen-bond donors (Lipinski definition) is 0. The molecule has 178 valence electrons. The lowest BCUT2D eigenvalue weighted by Crippen LogP contribution is -2.53. The van der Waals surface area contributed by atoms with Crippen molar-refractivity contribution in [3.63, 3.8) is 0 Å². The standard InChI is InChI=1S/C26H23ClN4O3S/c27-20-6-5-19-14-30(35(33,34)17-25(15-28)7-8-25)16-26(22(19)11-20)9-10-31(24(26)32)23-13-29-12-18-3-1-2-4-21(18)23/h1-6,11-13H,7-10,14,16-17H2. The molecule has 3 aromatic rings. The largest absolute Gasteiger partial charge is 0.309 e. The fourth-order valence-corrected chi connectivity index (χ4v) is 7.71. The topological polar surface area (TPSA) is 94.4 Å². The van der Waals surface area contributed by atoms with E-state index in [4.69, 9.17) is 11.6 Å². The first-order valence-corrected chi connectivity index (χ1v) is 13.6. The number of halogens is 1. The van der Waals surface area contributed by atoms with E-state index in [1.54, 1.807) is 29.4 Å². The lowest BCUT2D eigenvalue weighted by atomic mass is 9.74. The van der Waals surface area contributed by atoms with Crippen molar-refractivity contribution in [3.05, 3.63) is 71.0 Å². The molecule has 1 saturated carbocycles. The quantitative estimate of drug-likeness (QED) is 0.533. The maximum absolute atomic E-state index is 14.2. The van der Waals surface area contributed by atoms with Gasteiger partial charge < -0.3 is 4.90 Å². The number of carbonyl (C=O) groups excluding carboxylic acids is 1. The number of carbonyl (C=O) groups is 1. The molecule has 1 atom stereocenters. The summed E-state index contributed by atoms with van der Waals surface area (Å²) in [5, 5.41) is 11.9. The lowest BCUT2D eigenvalue weighted by molar-refractivity contribution is -0.122. The minimum atomic E-state index is -3.75. The number of nitriles is 1. The van der Waals surface area contributed by atoms with Crippen LogP contribution in [0.5, 0.6) is 0 Å². The van der Waals surface area contributed by atoms with Gasteiger partial charge in [0.2, 0.25) is 15.9 Å². The predicted octanol–water partition coefficient (Wildman–Crippen LogP) is 4.01. The van der Waals surface area contributed by atoms with Crippen LogP contribution in [-0.2, 0) is 26.8 Å². The van der Waals surface area contributed by atoms with Crippen molar-refractivity contribution < 1.29 is 13.2 Å². The van der Waals surface area contributed by atoms with E-state index in [1.807, 2.05) is 30.3 Å². The van der Waals surface area contributed by atoms with Crippen LogP contribution in [0.1, 0.15) is 30.4 Å². The number of benzene rings is 2. The second-order valence-corrected chi connectivity index (χ2v) is 12.3. The van der Waals surface area contributed by atoms with Crippen molar-refractivity contribution in [2.45, 2.75) is 31.2 Å². The molecule has 2 aromatic carbocycles. The van der Waals surface area contributed by atoms with Gasteiger partial charge in [0, 0.05) is 41.6 Å². The summed E-state index contributed by atoms with van der Waals surface area (Å²) < 4.78 is 28.3. The number of amides is 1. The average molecular weight is 507 g/mol. The minimum absolute atomic E-state index is 0.0394. The zero-order chi connectivity index (χ0) is 24.4. The zero-order valence-corrected chi connectivity index (χ0v) is 20.5. The molecule has 6 rings (SSSR count). The number of fused-ring (bicyclic) bond motifs is 3. The highest BCUT2D eigenvalue weighted by Crippen LogP contribution is 2.49. The molecule has 2 fully saturated rings. The molecule has 0 radical (unpaired) electrons. The van der Waals surface area contributed by atoms with Gasteiger partial charge in [-0.3, -0.25) is 9.78 Å². The van der Waals surface area contributed by atoms with Gasteiger partial charge in [0.1, 0.15) is 0 Å². The highest BCUT2D eigenvalue weighted by molar-refractivity contribution is 7.89. The first kappa shape index (κ1) is 22.5. The Kier molecular flexibility index (Phi) is 4.98. The van der Waals surface area contributed by atoms with Crippen LogP contribution in [0.15, 0.2) is 54.9 Å². The molecule has 9 heteroatoms. The predicted molar refractivity (Wildman–Crippen MR) is 133 cm³/mol. The number of nitrogens with zero attached hydrogens (tertiary/aromatic N) is 4. The van der Waals surface area contributed by atoms with Crippen LogP contribution in [0.2, 0.25) is 5.02 Å². The van der Waals surface area contributed by atoms with Crippen LogP contribution in [0.25, 0.3) is 10.8 Å². The first-order chi connectivity index (χ1) is 16.8. The summed E-state index contributed by atoms with van der Waals surface area (Å²) in [6, 6.07) is 15.3. The Labute approximate surface area is 209 Å². The van der Waals surface area contributed by atoms with Crippen molar-refractivity contribution in [1.29, 1.82) is 5.26 Å². The Bertz CT molecular complexity index is 1520. The molecule has 1 spiro atoms. The highest BCUT2D eigenvalue weighted by Gasteiger charge is 2.56. The summed E-state index contributed by atoms with van der Waals surface area (Å²) in [4.78, 5) is 20.3. The van der Waals surface area contributed by atoms with E-state index in [2.05, 4.69) is 11.1 Å². The van der Waals surface area contributed by atoms with E-state index < -0.39 is 20.9 Å². The Morgan fingerprint density at radius 1 is 1.11 bits per heavy atom. The van der Waals surface area contributed by atoms with Gasteiger partial charge in [-0.05, 0) is 42.5 Å². The normalized spacial score (nSPS) is 23.4. The third-order valence-electron chi connectivity index (χ3n) is 7.68. The van der Waals surface area contributed by atoms with Gasteiger partial charge in [-0.2, -0.15) is 9.57 Å². The molecule has 1 aliphatic carbocycles. The lowest BCUT2D eigenvalue weighted by Gasteiger charge is -2.40. The van der Waals surface area contributed by atoms with E-state index in [0.29, 0.717) is 30.8 Å². The van der Waals surface area contributed by atoms with E-state index in [0.717, 1.165) is 27.6 Å². The van der Waals surface area contributed by atoms with Gasteiger partial charge in [-0.1, -0.05) is 41.9 Å². The summed E-state index contributed by atoms with van der Waals surface area (Å²) in [5.74, 6) is -0.360. The summed E-state index contributed by atoms with van der Waals surface area (Å²) in [5.41, 5.74) is 0.434. The van der Waals surface area contributed by atoms with Gasteiger partial charge in [0.25, 0.3) is 0 Å². The molecule has 2 aliphatic heterocycles. The number of anilines is 1. The van der Waals surface area contributed by atoms with Crippen LogP contribution >= 0.6 is 11.6 Å². The van der Waals surface area contributed by atoms with Crippen LogP contribution in [-0.4, -0.2) is 42.5 Å². The molecular weight excluding hydrogens is 484 g/mol. The molecule has 1 amide bonds. The van der Waals surface area contributed by atoms with Gasteiger partial charge in [0.15, 0.2) is 0 Å². The monoisotopic (exact) mass is 506 g/mol. The Hall–Kier alpha value is -2.99. The maximum atomic E-state index is 14.2. The second kappa shape index (κ2) is 7.76. The fourth-order valence-electron chi connectivity index (χ4n) is 5.55. The maximum Gasteiger partial charge on any atom is 0.239 e. The minimum Gasteiger partial charge on any atom is -0.309 e. The third-order valence-corrected chi connectivity index (χ3v) is 9.88. The van der Waals surface area contributed by atoms with E-state index in [-0.39, 0.29) is 24.7 Å². The molecule has 3 aliphatic rings. The molecule has 1 saturated heterocycles. The van der Waals surface area contributed by atoms with Crippen molar-refractivity contribution in [3.8, 4) is 6.07 Å². The first-order valence-electron chi connectivity index (χ1n) is 11.6. The smallest absolute Gasteiger partial charge is 0.239 e. The highest BCUT2D eigenvalue weighted by atomic mass is 35.5. The van der Waals surface area contributed by atoms with Crippen molar-refractivity contribution in [1.82, 2.24) is 9.29 Å². The number of aromatic nitrogens is 1. The van der Waals surface area contributed by atoms with Crippen LogP contribution in [0.3, 0.4) is 0 Å². The number of pyridine rings is 1. The Morgan fingerprint density at radius 2 is 1.91 bits per heavy atom. The number of rotatable bonds is 4. The second-order valence-electron chi connectivity index (χ2n) is 9.89. The van der Waals surface area contributed by atoms with Gasteiger partial charge in [-0.25, -0.2) is 8.42 Å². The van der Waals surface area contributed by atoms with Crippen molar-refractivity contribution in [2.24, 2.45) is 5.41 Å². The number of hydrogen-bond acceptors (Lipinski definition) is 5. The summed E-state index contributed by atoms with van der Waals surface area (Å²) in [7, 11) is -3.75. The van der Waals surface area contributed by atoms with Gasteiger partial charge >= 0.3 is 0 Å². The van der Waals surface area contributed by atoms with Gasteiger partial charge in [-0.15, -0.1) is 0 Å². The Morgan fingerprint density at radius 3 is 2.69 bits per heavy atom. The van der Waals surface area contributed by atoms with Gasteiger partial charge in [0.05, 0.1) is 34.5 Å². The van der Waals surface area contributed by atoms with E-state index in [9.17, 15) is 18.5 Å². The molecule has 1 aromatic heterocycles. The summed E-state index contributed by atoms with van der Waals surface area (Å²) >= 11 is 6.36. The molecule has 0 N–H and O–H groups in total. The molecule has 3 heterocycles. The summed E-state index contributed by atoms with van der Waals surface area (Å²) in [6.07, 6.45) is 5.10. The number of sulfonamides is 1. The van der Waals surface area contributed by atoms with E-state index in [1.165, 1.54) is 4.31 Å². The average Bonchev–Trinajstić information content (AvgIpc) is 3.55. The molecule has 7 nitrogen and oxygen atoms in total. The SMILES string of the molecule is N#CC1(CS(=O)(=O)N2Cc3ccc(Cl)cc3C3(CCN(c4cncc5ccccc45)C3=O)C2)CC1. The van der Waals surface area contributed by atoms with Crippen molar-refractivity contribution in [2.75, 3.05) is 23.7 Å². The molecule has 1 unspecified atom stereocenters. The van der Waals surface area contributed by atoms with Crippen LogP contribution < -0.4 is 4.90 Å². The molecular formula is C26H23ClN4O3S. The molecule has 0 bridgehead atoms. The Balaban J connectivity index is 1.43. The van der Waals surface area contributed by atoms with Crippen LogP contribution in [0, 0.1) is 16.7 Å².